The van der Waals surface area contributed by atoms with Crippen molar-refractivity contribution in [1.82, 2.24) is 4.57 Å². The van der Waals surface area contributed by atoms with E-state index < -0.39 is 0 Å². The van der Waals surface area contributed by atoms with Crippen molar-refractivity contribution in [3.05, 3.63) is 76.1 Å². The molecule has 4 rings (SSSR count). The number of aryl methyl sites for hydroxylation is 3. The van der Waals surface area contributed by atoms with Crippen molar-refractivity contribution in [3.63, 3.8) is 0 Å². The third-order valence-electron chi connectivity index (χ3n) is 4.43. The largest absolute Gasteiger partial charge is 0.319 e. The van der Waals surface area contributed by atoms with Gasteiger partial charge in [0.1, 0.15) is 0 Å². The van der Waals surface area contributed by atoms with Gasteiger partial charge in [-0.05, 0) is 53.9 Å². The van der Waals surface area contributed by atoms with Gasteiger partial charge in [-0.2, -0.15) is 4.99 Å². The lowest BCUT2D eigenvalue weighted by Crippen LogP contribution is -2.13. The second-order valence-corrected chi connectivity index (χ2v) is 7.36. The minimum Gasteiger partial charge on any atom is -0.319 e. The number of hydrogen-bond acceptors (Lipinski definition) is 2. The highest BCUT2D eigenvalue weighted by Crippen LogP contribution is 2.22. The minimum absolute atomic E-state index is 0.206. The molecule has 0 fully saturated rings. The zero-order valence-electron chi connectivity index (χ0n) is 14.4. The van der Waals surface area contributed by atoms with Crippen molar-refractivity contribution in [3.8, 4) is 0 Å². The van der Waals surface area contributed by atoms with Gasteiger partial charge in [-0.15, -0.1) is 0 Å². The Balaban J connectivity index is 1.84. The SMILES string of the molecule is Cc1cc(C)c2c(c1)sc(=NC(=O)c1ccc3ccccc3c1)n2C. The third kappa shape index (κ3) is 2.79. The predicted molar refractivity (Wildman–Crippen MR) is 104 cm³/mol. The molecule has 0 bridgehead atoms. The quantitative estimate of drug-likeness (QED) is 0.490. The summed E-state index contributed by atoms with van der Waals surface area (Å²) < 4.78 is 3.17. The zero-order chi connectivity index (χ0) is 17.6. The van der Waals surface area contributed by atoms with Crippen LogP contribution in [0.15, 0.2) is 59.6 Å². The van der Waals surface area contributed by atoms with E-state index in [4.69, 9.17) is 0 Å². The molecule has 3 nitrogen and oxygen atoms in total. The molecule has 0 saturated carbocycles. The average Bonchev–Trinajstić information content (AvgIpc) is 2.90. The first-order valence-corrected chi connectivity index (χ1v) is 8.99. The van der Waals surface area contributed by atoms with E-state index in [9.17, 15) is 4.79 Å². The van der Waals surface area contributed by atoms with Gasteiger partial charge in [0.05, 0.1) is 10.2 Å². The van der Waals surface area contributed by atoms with Crippen molar-refractivity contribution in [2.75, 3.05) is 0 Å². The van der Waals surface area contributed by atoms with E-state index in [1.54, 1.807) is 11.3 Å². The Kier molecular flexibility index (Phi) is 3.77. The molecule has 0 N–H and O–H groups in total. The molecule has 4 heteroatoms. The van der Waals surface area contributed by atoms with Crippen molar-refractivity contribution in [2.24, 2.45) is 12.0 Å². The molecule has 124 valence electrons. The van der Waals surface area contributed by atoms with Gasteiger partial charge >= 0.3 is 0 Å². The van der Waals surface area contributed by atoms with Gasteiger partial charge in [0.25, 0.3) is 5.91 Å². The van der Waals surface area contributed by atoms with E-state index in [1.165, 1.54) is 11.1 Å². The molecular formula is C21H18N2OS. The molecule has 0 aliphatic rings. The van der Waals surface area contributed by atoms with Gasteiger partial charge < -0.3 is 4.57 Å². The van der Waals surface area contributed by atoms with E-state index in [0.29, 0.717) is 5.56 Å². The van der Waals surface area contributed by atoms with Gasteiger partial charge in [-0.1, -0.05) is 47.7 Å². The van der Waals surface area contributed by atoms with Crippen LogP contribution in [0.1, 0.15) is 21.5 Å². The first kappa shape index (κ1) is 15.8. The summed E-state index contributed by atoms with van der Waals surface area (Å²) in [5.41, 5.74) is 4.18. The molecule has 0 atom stereocenters. The van der Waals surface area contributed by atoms with Gasteiger partial charge in [0.2, 0.25) is 0 Å². The maximum Gasteiger partial charge on any atom is 0.279 e. The fraction of sp³-hybridized carbons (Fsp3) is 0.143. The molecule has 25 heavy (non-hydrogen) atoms. The fourth-order valence-corrected chi connectivity index (χ4v) is 4.46. The van der Waals surface area contributed by atoms with Gasteiger partial charge in [-0.3, -0.25) is 4.79 Å². The molecule has 1 heterocycles. The molecule has 1 amide bonds. The molecule has 4 aromatic rings. The fourth-order valence-electron chi connectivity index (χ4n) is 3.26. The number of amides is 1. The van der Waals surface area contributed by atoms with Gasteiger partial charge in [-0.25, -0.2) is 0 Å². The number of carbonyl (C=O) groups excluding carboxylic acids is 1. The summed E-state index contributed by atoms with van der Waals surface area (Å²) in [6.07, 6.45) is 0. The van der Waals surface area contributed by atoms with Crippen LogP contribution in [0.4, 0.5) is 0 Å². The lowest BCUT2D eigenvalue weighted by atomic mass is 10.1. The Morgan fingerprint density at radius 1 is 1.00 bits per heavy atom. The molecule has 0 aliphatic carbocycles. The lowest BCUT2D eigenvalue weighted by Gasteiger charge is -2.02. The van der Waals surface area contributed by atoms with Crippen LogP contribution in [-0.4, -0.2) is 10.5 Å². The van der Waals surface area contributed by atoms with E-state index in [0.717, 1.165) is 25.8 Å². The highest BCUT2D eigenvalue weighted by atomic mass is 32.1. The second kappa shape index (κ2) is 5.97. The smallest absolute Gasteiger partial charge is 0.279 e. The first-order valence-electron chi connectivity index (χ1n) is 8.17. The minimum atomic E-state index is -0.206. The summed E-state index contributed by atoms with van der Waals surface area (Å²) in [5, 5.41) is 2.17. The summed E-state index contributed by atoms with van der Waals surface area (Å²) in [7, 11) is 1.97. The van der Waals surface area contributed by atoms with E-state index >= 15 is 0 Å². The molecular weight excluding hydrogens is 328 g/mol. The first-order chi connectivity index (χ1) is 12.0. The Morgan fingerprint density at radius 3 is 2.56 bits per heavy atom. The van der Waals surface area contributed by atoms with Crippen LogP contribution in [0.5, 0.6) is 0 Å². The molecule has 3 aromatic carbocycles. The van der Waals surface area contributed by atoms with Crippen molar-refractivity contribution in [2.45, 2.75) is 13.8 Å². The highest BCUT2D eigenvalue weighted by Gasteiger charge is 2.10. The van der Waals surface area contributed by atoms with Crippen molar-refractivity contribution < 1.29 is 4.79 Å². The van der Waals surface area contributed by atoms with Crippen LogP contribution >= 0.6 is 11.3 Å². The van der Waals surface area contributed by atoms with Crippen LogP contribution in [0, 0.1) is 13.8 Å². The number of nitrogens with zero attached hydrogens (tertiary/aromatic N) is 2. The molecule has 0 aliphatic heterocycles. The number of hydrogen-bond donors (Lipinski definition) is 0. The van der Waals surface area contributed by atoms with Gasteiger partial charge in [0, 0.05) is 12.6 Å². The van der Waals surface area contributed by atoms with Crippen LogP contribution in [-0.2, 0) is 7.05 Å². The Bertz CT molecular complexity index is 1200. The van der Waals surface area contributed by atoms with Crippen LogP contribution in [0.25, 0.3) is 21.0 Å². The predicted octanol–water partition coefficient (Wildman–Crippen LogP) is 4.75. The van der Waals surface area contributed by atoms with Gasteiger partial charge in [0.15, 0.2) is 4.80 Å². The number of rotatable bonds is 1. The Morgan fingerprint density at radius 2 is 1.76 bits per heavy atom. The maximum absolute atomic E-state index is 12.7. The normalized spacial score (nSPS) is 12.2. The molecule has 0 radical (unpaired) electrons. The summed E-state index contributed by atoms with van der Waals surface area (Å²) in [4.78, 5) is 17.8. The highest BCUT2D eigenvalue weighted by molar-refractivity contribution is 7.16. The summed E-state index contributed by atoms with van der Waals surface area (Å²) in [5.74, 6) is -0.206. The number of thiazole rings is 1. The standard InChI is InChI=1S/C21H18N2OS/c1-13-10-14(2)19-18(11-13)25-21(23(19)3)22-20(24)17-9-8-15-6-4-5-7-16(15)12-17/h4-12H,1-3H3. The van der Waals surface area contributed by atoms with E-state index in [1.807, 2.05) is 54.1 Å². The monoisotopic (exact) mass is 346 g/mol. The second-order valence-electron chi connectivity index (χ2n) is 6.35. The number of benzene rings is 3. The topological polar surface area (TPSA) is 34.4 Å². The van der Waals surface area contributed by atoms with E-state index in [-0.39, 0.29) is 5.91 Å². The summed E-state index contributed by atoms with van der Waals surface area (Å²) in [6, 6.07) is 18.0. The Hall–Kier alpha value is -2.72. The van der Waals surface area contributed by atoms with Crippen LogP contribution in [0.3, 0.4) is 0 Å². The van der Waals surface area contributed by atoms with Crippen LogP contribution in [0.2, 0.25) is 0 Å². The summed E-state index contributed by atoms with van der Waals surface area (Å²) in [6.45, 7) is 4.18. The molecule has 0 unspecified atom stereocenters. The Labute approximate surface area is 149 Å². The maximum atomic E-state index is 12.7. The molecule has 1 aromatic heterocycles. The van der Waals surface area contributed by atoms with Crippen LogP contribution < -0.4 is 4.80 Å². The van der Waals surface area contributed by atoms with E-state index in [2.05, 4.69) is 31.0 Å². The number of fused-ring (bicyclic) bond motifs is 2. The molecule has 0 spiro atoms. The average molecular weight is 346 g/mol. The summed E-state index contributed by atoms with van der Waals surface area (Å²) >= 11 is 1.55. The third-order valence-corrected chi connectivity index (χ3v) is 5.51. The zero-order valence-corrected chi connectivity index (χ0v) is 15.2. The lowest BCUT2D eigenvalue weighted by molar-refractivity contribution is 0.0998. The number of aromatic nitrogens is 1. The van der Waals surface area contributed by atoms with Crippen molar-refractivity contribution in [1.29, 1.82) is 0 Å². The van der Waals surface area contributed by atoms with Crippen molar-refractivity contribution >= 4 is 38.2 Å². The number of carbonyl (C=O) groups is 1. The molecule has 0 saturated heterocycles.